The molecule has 0 radical (unpaired) electrons. The molecular weight excluding hydrogens is 252 g/mol. The van der Waals surface area contributed by atoms with Crippen molar-refractivity contribution >= 4 is 15.9 Å². The maximum atomic E-state index is 4.20. The van der Waals surface area contributed by atoms with E-state index in [0.717, 1.165) is 12.2 Å². The standard InChI is InChI=1S/C12H11BrN2/c13-11(10-5-2-1-3-6-10)9-12-14-7-4-8-15-12/h1-8,11H,9H2. The summed E-state index contributed by atoms with van der Waals surface area (Å²) in [6, 6.07) is 12.1. The molecule has 0 spiro atoms. The van der Waals surface area contributed by atoms with E-state index in [9.17, 15) is 0 Å². The normalized spacial score (nSPS) is 12.3. The van der Waals surface area contributed by atoms with E-state index in [0.29, 0.717) is 0 Å². The van der Waals surface area contributed by atoms with Gasteiger partial charge >= 0.3 is 0 Å². The van der Waals surface area contributed by atoms with Crippen LogP contribution in [0.15, 0.2) is 48.8 Å². The summed E-state index contributed by atoms with van der Waals surface area (Å²) in [7, 11) is 0. The van der Waals surface area contributed by atoms with Crippen LogP contribution in [0.3, 0.4) is 0 Å². The average molecular weight is 263 g/mol. The predicted molar refractivity (Wildman–Crippen MR) is 63.8 cm³/mol. The second-order valence-electron chi connectivity index (χ2n) is 3.25. The highest BCUT2D eigenvalue weighted by Gasteiger charge is 2.08. The molecule has 1 aromatic carbocycles. The van der Waals surface area contributed by atoms with E-state index >= 15 is 0 Å². The lowest BCUT2D eigenvalue weighted by atomic mass is 10.1. The molecule has 0 N–H and O–H groups in total. The van der Waals surface area contributed by atoms with Gasteiger partial charge in [0, 0.05) is 23.6 Å². The molecule has 0 saturated heterocycles. The Morgan fingerprint density at radius 2 is 1.67 bits per heavy atom. The highest BCUT2D eigenvalue weighted by molar-refractivity contribution is 9.09. The minimum absolute atomic E-state index is 0.279. The lowest BCUT2D eigenvalue weighted by Gasteiger charge is -2.08. The van der Waals surface area contributed by atoms with Gasteiger partial charge in [0.15, 0.2) is 0 Å². The summed E-state index contributed by atoms with van der Waals surface area (Å²) in [6.45, 7) is 0. The van der Waals surface area contributed by atoms with Gasteiger partial charge in [-0.15, -0.1) is 0 Å². The average Bonchev–Trinajstić information content (AvgIpc) is 2.31. The molecular formula is C12H11BrN2. The van der Waals surface area contributed by atoms with Crippen molar-refractivity contribution in [2.24, 2.45) is 0 Å². The number of alkyl halides is 1. The highest BCUT2D eigenvalue weighted by Crippen LogP contribution is 2.25. The Hall–Kier alpha value is -1.22. The molecule has 1 heterocycles. The lowest BCUT2D eigenvalue weighted by Crippen LogP contribution is -1.99. The zero-order valence-corrected chi connectivity index (χ0v) is 9.76. The van der Waals surface area contributed by atoms with Gasteiger partial charge in [-0.25, -0.2) is 9.97 Å². The predicted octanol–water partition coefficient (Wildman–Crippen LogP) is 3.16. The fraction of sp³-hybridized carbons (Fsp3) is 0.167. The van der Waals surface area contributed by atoms with Crippen LogP contribution >= 0.6 is 15.9 Å². The van der Waals surface area contributed by atoms with Gasteiger partial charge in [-0.3, -0.25) is 0 Å². The maximum absolute atomic E-state index is 4.20. The van der Waals surface area contributed by atoms with E-state index in [-0.39, 0.29) is 4.83 Å². The number of rotatable bonds is 3. The summed E-state index contributed by atoms with van der Waals surface area (Å²) in [5.74, 6) is 0.864. The smallest absolute Gasteiger partial charge is 0.129 e. The van der Waals surface area contributed by atoms with E-state index < -0.39 is 0 Å². The van der Waals surface area contributed by atoms with Gasteiger partial charge in [0.25, 0.3) is 0 Å². The van der Waals surface area contributed by atoms with Crippen LogP contribution in [0.1, 0.15) is 16.2 Å². The van der Waals surface area contributed by atoms with Crippen LogP contribution in [0.2, 0.25) is 0 Å². The zero-order valence-electron chi connectivity index (χ0n) is 8.18. The molecule has 0 aliphatic carbocycles. The Labute approximate surface area is 97.5 Å². The first-order valence-electron chi connectivity index (χ1n) is 4.81. The van der Waals surface area contributed by atoms with E-state index in [1.807, 2.05) is 24.3 Å². The number of hydrogen-bond acceptors (Lipinski definition) is 2. The summed E-state index contributed by atoms with van der Waals surface area (Å²) in [5.41, 5.74) is 1.25. The first-order chi connectivity index (χ1) is 7.36. The minimum atomic E-state index is 0.279. The molecule has 1 aromatic heterocycles. The number of nitrogens with zero attached hydrogens (tertiary/aromatic N) is 2. The third kappa shape index (κ3) is 2.86. The fourth-order valence-electron chi connectivity index (χ4n) is 1.38. The Bertz CT molecular complexity index is 402. The third-order valence-corrected chi connectivity index (χ3v) is 2.99. The highest BCUT2D eigenvalue weighted by atomic mass is 79.9. The van der Waals surface area contributed by atoms with Crippen molar-refractivity contribution in [3.8, 4) is 0 Å². The molecule has 1 unspecified atom stereocenters. The second-order valence-corrected chi connectivity index (χ2v) is 4.35. The number of aromatic nitrogens is 2. The van der Waals surface area contributed by atoms with Crippen LogP contribution < -0.4 is 0 Å². The van der Waals surface area contributed by atoms with Crippen molar-refractivity contribution in [1.29, 1.82) is 0 Å². The van der Waals surface area contributed by atoms with E-state index in [4.69, 9.17) is 0 Å². The molecule has 0 aliphatic rings. The molecule has 3 heteroatoms. The minimum Gasteiger partial charge on any atom is -0.241 e. The molecule has 2 rings (SSSR count). The van der Waals surface area contributed by atoms with Gasteiger partial charge in [-0.1, -0.05) is 46.3 Å². The fourth-order valence-corrected chi connectivity index (χ4v) is 1.97. The van der Waals surface area contributed by atoms with Crippen molar-refractivity contribution in [3.05, 3.63) is 60.2 Å². The molecule has 1 atom stereocenters. The van der Waals surface area contributed by atoms with Gasteiger partial charge in [-0.05, 0) is 11.6 Å². The molecule has 15 heavy (non-hydrogen) atoms. The maximum Gasteiger partial charge on any atom is 0.129 e. The van der Waals surface area contributed by atoms with Crippen LogP contribution in [0.5, 0.6) is 0 Å². The molecule has 0 saturated carbocycles. The Morgan fingerprint density at radius 3 is 2.33 bits per heavy atom. The Morgan fingerprint density at radius 1 is 1.00 bits per heavy atom. The van der Waals surface area contributed by atoms with Gasteiger partial charge < -0.3 is 0 Å². The van der Waals surface area contributed by atoms with Crippen molar-refractivity contribution < 1.29 is 0 Å². The summed E-state index contributed by atoms with van der Waals surface area (Å²) in [5, 5.41) is 0. The summed E-state index contributed by atoms with van der Waals surface area (Å²) < 4.78 is 0. The first kappa shape index (κ1) is 10.3. The zero-order chi connectivity index (χ0) is 10.5. The molecule has 0 bridgehead atoms. The van der Waals surface area contributed by atoms with Crippen LogP contribution in [0.4, 0.5) is 0 Å². The van der Waals surface area contributed by atoms with Crippen molar-refractivity contribution in [2.45, 2.75) is 11.2 Å². The van der Waals surface area contributed by atoms with Crippen LogP contribution in [0, 0.1) is 0 Å². The largest absolute Gasteiger partial charge is 0.241 e. The summed E-state index contributed by atoms with van der Waals surface area (Å²) >= 11 is 3.64. The summed E-state index contributed by atoms with van der Waals surface area (Å²) in [4.78, 5) is 8.69. The Kier molecular flexibility index (Phi) is 3.45. The number of halogens is 1. The van der Waals surface area contributed by atoms with Crippen molar-refractivity contribution in [1.82, 2.24) is 9.97 Å². The Balaban J connectivity index is 2.08. The topological polar surface area (TPSA) is 25.8 Å². The van der Waals surface area contributed by atoms with Crippen LogP contribution in [-0.4, -0.2) is 9.97 Å². The van der Waals surface area contributed by atoms with E-state index in [1.54, 1.807) is 12.4 Å². The molecule has 0 fully saturated rings. The SMILES string of the molecule is BrC(Cc1ncccn1)c1ccccc1. The van der Waals surface area contributed by atoms with Crippen molar-refractivity contribution in [2.75, 3.05) is 0 Å². The molecule has 76 valence electrons. The van der Waals surface area contributed by atoms with Gasteiger partial charge in [-0.2, -0.15) is 0 Å². The molecule has 0 amide bonds. The summed E-state index contributed by atoms with van der Waals surface area (Å²) in [6.07, 6.45) is 4.35. The quantitative estimate of drug-likeness (QED) is 0.795. The van der Waals surface area contributed by atoms with Crippen LogP contribution in [-0.2, 0) is 6.42 Å². The molecule has 0 aliphatic heterocycles. The lowest BCUT2D eigenvalue weighted by molar-refractivity contribution is 0.851. The van der Waals surface area contributed by atoms with Crippen LogP contribution in [0.25, 0.3) is 0 Å². The second kappa shape index (κ2) is 5.03. The van der Waals surface area contributed by atoms with Crippen molar-refractivity contribution in [3.63, 3.8) is 0 Å². The van der Waals surface area contributed by atoms with Gasteiger partial charge in [0.05, 0.1) is 0 Å². The molecule has 2 nitrogen and oxygen atoms in total. The third-order valence-electron chi connectivity index (χ3n) is 2.14. The number of benzene rings is 1. The first-order valence-corrected chi connectivity index (χ1v) is 5.73. The van der Waals surface area contributed by atoms with Gasteiger partial charge in [0.2, 0.25) is 0 Å². The van der Waals surface area contributed by atoms with E-state index in [1.165, 1.54) is 5.56 Å². The van der Waals surface area contributed by atoms with E-state index in [2.05, 4.69) is 38.0 Å². The monoisotopic (exact) mass is 262 g/mol. The molecule has 2 aromatic rings. The van der Waals surface area contributed by atoms with Gasteiger partial charge in [0.1, 0.15) is 5.82 Å². The number of hydrogen-bond donors (Lipinski definition) is 0.